The molecule has 2 heterocycles. The van der Waals surface area contributed by atoms with Crippen LogP contribution in [-0.2, 0) is 32.3 Å². The largest absolute Gasteiger partial charge is 0.481 e. The summed E-state index contributed by atoms with van der Waals surface area (Å²) in [4.78, 5) is 50.1. The van der Waals surface area contributed by atoms with E-state index in [2.05, 4.69) is 53.8 Å². The molecule has 9 nitrogen and oxygen atoms in total. The van der Waals surface area contributed by atoms with Crippen LogP contribution in [0.25, 0.3) is 0 Å². The SMILES string of the molecule is C[C@H](c1ccccc1)N1C[C@H](C2(C(=O)O)CC2)[C@H](F)C1=O.C[C@H](c1ccccc1)N1C[C@H](C2(C(=O)O)CC2)[C@H](F)C1=O.c1ccc(CNCc2ccccc2)cc1. The minimum atomic E-state index is -1.70. The maximum absolute atomic E-state index is 14.3. The van der Waals surface area contributed by atoms with E-state index >= 15 is 0 Å². The first-order valence-electron chi connectivity index (χ1n) is 19.6. The molecule has 2 saturated heterocycles. The van der Waals surface area contributed by atoms with Gasteiger partial charge in [0.05, 0.1) is 22.9 Å². The number of alkyl halides is 2. The Kier molecular flexibility index (Phi) is 12.9. The molecule has 0 bridgehead atoms. The molecule has 4 aromatic carbocycles. The Balaban J connectivity index is 0.000000147. The first-order valence-corrected chi connectivity index (χ1v) is 19.6. The van der Waals surface area contributed by atoms with Gasteiger partial charge in [0.15, 0.2) is 12.3 Å². The summed E-state index contributed by atoms with van der Waals surface area (Å²) in [7, 11) is 0. The Morgan fingerprint density at radius 1 is 0.596 bits per heavy atom. The lowest BCUT2D eigenvalue weighted by molar-refractivity contribution is -0.147. The molecule has 2 saturated carbocycles. The van der Waals surface area contributed by atoms with Crippen LogP contribution in [-0.4, -0.2) is 69.2 Å². The average Bonchev–Trinajstić information content (AvgIpc) is 4.17. The Morgan fingerprint density at radius 3 is 1.18 bits per heavy atom. The lowest BCUT2D eigenvalue weighted by Gasteiger charge is -2.25. The highest BCUT2D eigenvalue weighted by atomic mass is 19.1. The molecule has 4 aliphatic rings. The average molecular weight is 780 g/mol. The number of nitrogens with zero attached hydrogens (tertiary/aromatic N) is 2. The number of aliphatic carboxylic acids is 2. The molecule has 3 N–H and O–H groups in total. The highest BCUT2D eigenvalue weighted by molar-refractivity contribution is 5.88. The van der Waals surface area contributed by atoms with Gasteiger partial charge >= 0.3 is 11.9 Å². The van der Waals surface area contributed by atoms with Crippen LogP contribution in [0, 0.1) is 22.7 Å². The fourth-order valence-corrected chi connectivity index (χ4v) is 8.18. The van der Waals surface area contributed by atoms with Gasteiger partial charge in [-0.15, -0.1) is 0 Å². The summed E-state index contributed by atoms with van der Waals surface area (Å²) in [6.07, 6.45) is -1.53. The van der Waals surface area contributed by atoms with Crippen LogP contribution in [0.5, 0.6) is 0 Å². The van der Waals surface area contributed by atoms with Crippen molar-refractivity contribution in [2.75, 3.05) is 13.1 Å². The molecular weight excluding hydrogens is 729 g/mol. The van der Waals surface area contributed by atoms with Crippen LogP contribution in [0.15, 0.2) is 121 Å². The number of amides is 2. The molecular formula is C46H51F2N3O6. The van der Waals surface area contributed by atoms with E-state index in [1.807, 2.05) is 86.6 Å². The summed E-state index contributed by atoms with van der Waals surface area (Å²) in [5.41, 5.74) is 2.46. The second-order valence-electron chi connectivity index (χ2n) is 15.7. The van der Waals surface area contributed by atoms with Gasteiger partial charge in [-0.2, -0.15) is 0 Å². The summed E-state index contributed by atoms with van der Waals surface area (Å²) >= 11 is 0. The van der Waals surface area contributed by atoms with Crippen molar-refractivity contribution in [1.29, 1.82) is 0 Å². The zero-order chi connectivity index (χ0) is 40.7. The number of carboxylic acid groups (broad SMARTS) is 2. The van der Waals surface area contributed by atoms with Crippen molar-refractivity contribution >= 4 is 23.8 Å². The number of hydrogen-bond donors (Lipinski definition) is 3. The molecule has 57 heavy (non-hydrogen) atoms. The Hall–Kier alpha value is -5.42. The van der Waals surface area contributed by atoms with Crippen LogP contribution in [0.1, 0.15) is 73.9 Å². The van der Waals surface area contributed by atoms with Gasteiger partial charge in [0.1, 0.15) is 0 Å². The molecule has 11 heteroatoms. The number of rotatable bonds is 12. The third-order valence-electron chi connectivity index (χ3n) is 12.2. The van der Waals surface area contributed by atoms with Crippen molar-refractivity contribution in [2.24, 2.45) is 22.7 Å². The number of nitrogens with one attached hydrogen (secondary N) is 1. The minimum Gasteiger partial charge on any atom is -0.481 e. The van der Waals surface area contributed by atoms with Gasteiger partial charge in [-0.25, -0.2) is 8.78 Å². The van der Waals surface area contributed by atoms with E-state index in [4.69, 9.17) is 0 Å². The normalized spacial score (nSPS) is 23.6. The maximum Gasteiger partial charge on any atom is 0.310 e. The van der Waals surface area contributed by atoms with Gasteiger partial charge < -0.3 is 25.3 Å². The maximum atomic E-state index is 14.3. The van der Waals surface area contributed by atoms with Crippen molar-refractivity contribution < 1.29 is 38.2 Å². The van der Waals surface area contributed by atoms with Crippen LogP contribution in [0.4, 0.5) is 8.78 Å². The molecule has 4 aromatic rings. The highest BCUT2D eigenvalue weighted by Crippen LogP contribution is 2.57. The summed E-state index contributed by atoms with van der Waals surface area (Å²) in [6, 6.07) is 39.2. The van der Waals surface area contributed by atoms with E-state index in [9.17, 15) is 38.2 Å². The van der Waals surface area contributed by atoms with Gasteiger partial charge in [-0.1, -0.05) is 121 Å². The molecule has 0 spiro atoms. The first-order chi connectivity index (χ1) is 27.4. The second kappa shape index (κ2) is 17.8. The number of carbonyl (C=O) groups is 4. The second-order valence-corrected chi connectivity index (χ2v) is 15.7. The van der Waals surface area contributed by atoms with Gasteiger partial charge in [0, 0.05) is 38.0 Å². The van der Waals surface area contributed by atoms with E-state index in [1.54, 1.807) is 0 Å². The van der Waals surface area contributed by atoms with E-state index in [-0.39, 0.29) is 25.2 Å². The van der Waals surface area contributed by atoms with Crippen molar-refractivity contribution in [2.45, 2.75) is 77.0 Å². The number of carbonyl (C=O) groups excluding carboxylic acids is 2. The van der Waals surface area contributed by atoms with Crippen molar-refractivity contribution in [3.05, 3.63) is 144 Å². The zero-order valence-corrected chi connectivity index (χ0v) is 32.3. The summed E-state index contributed by atoms with van der Waals surface area (Å²) in [5.74, 6) is -4.57. The Labute approximate surface area is 332 Å². The molecule has 0 unspecified atom stereocenters. The minimum absolute atomic E-state index is 0.183. The van der Waals surface area contributed by atoms with Gasteiger partial charge in [-0.3, -0.25) is 19.2 Å². The van der Waals surface area contributed by atoms with Crippen molar-refractivity contribution in [3.8, 4) is 0 Å². The predicted molar refractivity (Wildman–Crippen MR) is 212 cm³/mol. The third-order valence-corrected chi connectivity index (χ3v) is 12.2. The molecule has 4 fully saturated rings. The van der Waals surface area contributed by atoms with E-state index in [1.165, 1.54) is 20.9 Å². The highest BCUT2D eigenvalue weighted by Gasteiger charge is 2.64. The number of carboxylic acids is 2. The van der Waals surface area contributed by atoms with Crippen LogP contribution >= 0.6 is 0 Å². The van der Waals surface area contributed by atoms with Crippen LogP contribution in [0.3, 0.4) is 0 Å². The standard InChI is InChI=1S/2C16H18FNO3.C14H15N/c2*1-10(11-5-3-2-4-6-11)18-9-12(13(17)14(18)19)16(7-8-16)15(20)21;1-3-7-13(8-4-1)11-15-12-14-9-5-2-6-10-14/h2*2-6,10,12-13H,7-9H2,1H3,(H,20,21);1-10,15H,11-12H2/t2*10-,12+,13+;/m11./s1. The fraction of sp³-hybridized carbons (Fsp3) is 0.391. The molecule has 8 rings (SSSR count). The van der Waals surface area contributed by atoms with Crippen LogP contribution in [0.2, 0.25) is 0 Å². The summed E-state index contributed by atoms with van der Waals surface area (Å²) in [5, 5.41) is 22.0. The molecule has 2 aliphatic heterocycles. The van der Waals surface area contributed by atoms with Crippen molar-refractivity contribution in [3.63, 3.8) is 0 Å². The molecule has 2 aliphatic carbocycles. The monoisotopic (exact) mass is 779 g/mol. The lowest BCUT2D eigenvalue weighted by atomic mass is 9.87. The molecule has 2 amide bonds. The molecule has 300 valence electrons. The number of hydrogen-bond acceptors (Lipinski definition) is 5. The molecule has 0 aromatic heterocycles. The van der Waals surface area contributed by atoms with Gasteiger partial charge in [-0.05, 0) is 61.8 Å². The predicted octanol–water partition coefficient (Wildman–Crippen LogP) is 7.79. The lowest BCUT2D eigenvalue weighted by Crippen LogP contribution is -2.32. The molecule has 6 atom stereocenters. The number of likely N-dealkylation sites (tertiary alicyclic amines) is 2. The van der Waals surface area contributed by atoms with E-state index in [0.29, 0.717) is 25.7 Å². The van der Waals surface area contributed by atoms with E-state index < -0.39 is 58.8 Å². The smallest absolute Gasteiger partial charge is 0.310 e. The Morgan fingerprint density at radius 2 is 0.895 bits per heavy atom. The van der Waals surface area contributed by atoms with Crippen molar-refractivity contribution in [1.82, 2.24) is 15.1 Å². The van der Waals surface area contributed by atoms with Gasteiger partial charge in [0.25, 0.3) is 11.8 Å². The fourth-order valence-electron chi connectivity index (χ4n) is 8.18. The molecule has 0 radical (unpaired) electrons. The zero-order valence-electron chi connectivity index (χ0n) is 32.3. The quantitative estimate of drug-likeness (QED) is 0.134. The topological polar surface area (TPSA) is 127 Å². The summed E-state index contributed by atoms with van der Waals surface area (Å²) < 4.78 is 28.7. The van der Waals surface area contributed by atoms with Gasteiger partial charge in [0.2, 0.25) is 0 Å². The van der Waals surface area contributed by atoms with Crippen LogP contribution < -0.4 is 5.32 Å². The summed E-state index contributed by atoms with van der Waals surface area (Å²) in [6.45, 7) is 5.92. The number of benzene rings is 4. The first kappa shape index (κ1) is 41.2. The van der Waals surface area contributed by atoms with E-state index in [0.717, 1.165) is 24.2 Å². The number of halogens is 2. The third kappa shape index (κ3) is 9.09. The Bertz CT molecular complexity index is 1840.